The van der Waals surface area contributed by atoms with E-state index in [9.17, 15) is 22.0 Å². The van der Waals surface area contributed by atoms with E-state index in [0.717, 1.165) is 23.1 Å². The number of carbonyl (C=O) groups excluding carboxylic acids is 1. The predicted octanol–water partition coefficient (Wildman–Crippen LogP) is 3.42. The molecule has 2 aliphatic heterocycles. The number of benzene rings is 2. The van der Waals surface area contributed by atoms with Gasteiger partial charge in [-0.3, -0.25) is 4.79 Å². The van der Waals surface area contributed by atoms with Crippen LogP contribution in [0.2, 0.25) is 5.02 Å². The van der Waals surface area contributed by atoms with Gasteiger partial charge in [-0.25, -0.2) is 17.2 Å². The van der Waals surface area contributed by atoms with Crippen molar-refractivity contribution >= 4 is 33.0 Å². The van der Waals surface area contributed by atoms with Gasteiger partial charge in [0.25, 0.3) is 5.91 Å². The smallest absolute Gasteiger partial charge is 0.258 e. The molecule has 0 aliphatic carbocycles. The summed E-state index contributed by atoms with van der Waals surface area (Å²) in [6, 6.07) is 7.50. The van der Waals surface area contributed by atoms with E-state index in [-0.39, 0.29) is 29.3 Å². The molecule has 34 heavy (non-hydrogen) atoms. The number of ether oxygens (including phenoxy) is 2. The zero-order chi connectivity index (χ0) is 24.5. The highest BCUT2D eigenvalue weighted by Gasteiger charge is 2.30. The van der Waals surface area contributed by atoms with E-state index >= 15 is 0 Å². The van der Waals surface area contributed by atoms with Gasteiger partial charge in [-0.15, -0.1) is 0 Å². The van der Waals surface area contributed by atoms with Crippen molar-refractivity contribution < 1.29 is 31.5 Å². The molecule has 1 fully saturated rings. The number of carbonyl (C=O) groups is 1. The summed E-state index contributed by atoms with van der Waals surface area (Å²) in [6.45, 7) is 1.00. The minimum Gasteiger partial charge on any atom is -0.484 e. The minimum atomic E-state index is -3.62. The van der Waals surface area contributed by atoms with E-state index in [1.165, 1.54) is 23.1 Å². The van der Waals surface area contributed by atoms with Crippen molar-refractivity contribution in [2.24, 2.45) is 0 Å². The highest BCUT2D eigenvalue weighted by molar-refractivity contribution is 7.90. The van der Waals surface area contributed by atoms with Crippen molar-refractivity contribution in [2.45, 2.75) is 24.1 Å². The Morgan fingerprint density at radius 1 is 1.12 bits per heavy atom. The van der Waals surface area contributed by atoms with Crippen LogP contribution in [-0.2, 0) is 27.7 Å². The lowest BCUT2D eigenvalue weighted by Crippen LogP contribution is -2.36. The fraction of sp³-hybridized carbons (Fsp3) is 0.435. The van der Waals surface area contributed by atoms with E-state index in [0.29, 0.717) is 31.3 Å². The second-order valence-corrected chi connectivity index (χ2v) is 10.7. The number of morpholine rings is 1. The molecule has 4 rings (SSSR count). The maximum atomic E-state index is 13.4. The van der Waals surface area contributed by atoms with Gasteiger partial charge in [0.1, 0.15) is 19.1 Å². The number of halogens is 3. The molecule has 11 heteroatoms. The topological polar surface area (TPSA) is 76.2 Å². The van der Waals surface area contributed by atoms with Gasteiger partial charge in [0.2, 0.25) is 0 Å². The van der Waals surface area contributed by atoms with E-state index < -0.39 is 35.2 Å². The molecule has 2 heterocycles. The van der Waals surface area contributed by atoms with Crippen LogP contribution >= 0.6 is 11.6 Å². The Balaban J connectivity index is 1.63. The summed E-state index contributed by atoms with van der Waals surface area (Å²) >= 11 is 6.53. The van der Waals surface area contributed by atoms with Crippen molar-refractivity contribution in [1.82, 2.24) is 4.90 Å². The summed E-state index contributed by atoms with van der Waals surface area (Å²) in [5.41, 5.74) is 2.60. The average Bonchev–Trinajstić information content (AvgIpc) is 3.24. The Hall–Kier alpha value is -2.43. The first-order valence-corrected chi connectivity index (χ1v) is 13.0. The number of hydrogen-bond donors (Lipinski definition) is 0. The summed E-state index contributed by atoms with van der Waals surface area (Å²) in [6.07, 6.45) is -0.370. The van der Waals surface area contributed by atoms with Crippen LogP contribution in [0.4, 0.5) is 14.5 Å². The van der Waals surface area contributed by atoms with Gasteiger partial charge in [0.15, 0.2) is 15.9 Å². The van der Waals surface area contributed by atoms with Crippen LogP contribution < -0.4 is 9.64 Å². The second-order valence-electron chi connectivity index (χ2n) is 8.31. The van der Waals surface area contributed by atoms with Crippen molar-refractivity contribution in [2.75, 3.05) is 50.8 Å². The molecule has 0 bridgehead atoms. The van der Waals surface area contributed by atoms with E-state index in [1.54, 1.807) is 0 Å². The van der Waals surface area contributed by atoms with Gasteiger partial charge in [0.05, 0.1) is 34.4 Å². The van der Waals surface area contributed by atoms with Crippen molar-refractivity contribution in [3.05, 3.63) is 52.0 Å². The fourth-order valence-corrected chi connectivity index (χ4v) is 5.01. The van der Waals surface area contributed by atoms with Gasteiger partial charge >= 0.3 is 0 Å². The Morgan fingerprint density at radius 3 is 2.38 bits per heavy atom. The van der Waals surface area contributed by atoms with Crippen LogP contribution in [0.15, 0.2) is 35.2 Å². The lowest BCUT2D eigenvalue weighted by molar-refractivity contribution is 0.0737. The lowest BCUT2D eigenvalue weighted by atomic mass is 10.1. The minimum absolute atomic E-state index is 0.0675. The Morgan fingerprint density at radius 2 is 1.76 bits per heavy atom. The SMILES string of the molecule is CS(=O)(=O)c1ccc(OC(CF)CF)c(C(=O)N2Cc3cc(Cl)c(N4CCOCC4)cc3C2)c1. The molecular weight excluding hydrogens is 490 g/mol. The van der Waals surface area contributed by atoms with Crippen LogP contribution in [-0.4, -0.2) is 71.2 Å². The van der Waals surface area contributed by atoms with Crippen LogP contribution in [0.25, 0.3) is 0 Å². The Labute approximate surface area is 202 Å². The molecule has 1 amide bonds. The van der Waals surface area contributed by atoms with E-state index in [2.05, 4.69) is 4.90 Å². The number of fused-ring (bicyclic) bond motifs is 1. The molecule has 7 nitrogen and oxygen atoms in total. The Kier molecular flexibility index (Phi) is 7.30. The third-order valence-corrected chi connectivity index (χ3v) is 7.29. The summed E-state index contributed by atoms with van der Waals surface area (Å²) < 4.78 is 61.0. The van der Waals surface area contributed by atoms with Gasteiger partial charge < -0.3 is 19.3 Å². The van der Waals surface area contributed by atoms with Crippen molar-refractivity contribution in [1.29, 1.82) is 0 Å². The number of amides is 1. The monoisotopic (exact) mass is 514 g/mol. The first-order valence-electron chi connectivity index (χ1n) is 10.8. The summed E-state index contributed by atoms with van der Waals surface area (Å²) in [5.74, 6) is -0.571. The molecule has 0 radical (unpaired) electrons. The normalized spacial score (nSPS) is 16.1. The van der Waals surface area contributed by atoms with Crippen LogP contribution in [0.3, 0.4) is 0 Å². The van der Waals surface area contributed by atoms with Crippen LogP contribution in [0.1, 0.15) is 21.5 Å². The van der Waals surface area contributed by atoms with Gasteiger partial charge in [-0.2, -0.15) is 0 Å². The van der Waals surface area contributed by atoms with Gasteiger partial charge in [-0.1, -0.05) is 11.6 Å². The highest BCUT2D eigenvalue weighted by Crippen LogP contribution is 2.36. The Bertz CT molecular complexity index is 1180. The third-order valence-electron chi connectivity index (χ3n) is 5.88. The number of rotatable bonds is 7. The van der Waals surface area contributed by atoms with Crippen LogP contribution in [0.5, 0.6) is 5.75 Å². The molecule has 184 valence electrons. The number of sulfone groups is 1. The first kappa shape index (κ1) is 24.7. The summed E-state index contributed by atoms with van der Waals surface area (Å²) in [4.78, 5) is 17.0. The number of anilines is 1. The number of hydrogen-bond acceptors (Lipinski definition) is 6. The molecule has 0 atom stereocenters. The fourth-order valence-electron chi connectivity index (χ4n) is 4.06. The number of alkyl halides is 2. The third kappa shape index (κ3) is 5.13. The molecule has 2 aliphatic rings. The van der Waals surface area contributed by atoms with E-state index in [1.807, 2.05) is 12.1 Å². The standard InChI is InChI=1S/C23H25ClF2N2O5S/c1-34(30,31)18-2-3-22(33-17(11-25)12-26)19(10-18)23(29)28-13-15-8-20(24)21(9-16(15)14-28)27-4-6-32-7-5-27/h2-3,8-10,17H,4-7,11-14H2,1H3. The highest BCUT2D eigenvalue weighted by atomic mass is 35.5. The van der Waals surface area contributed by atoms with Crippen molar-refractivity contribution in [3.8, 4) is 5.75 Å². The molecule has 0 saturated carbocycles. The zero-order valence-corrected chi connectivity index (χ0v) is 20.2. The van der Waals surface area contributed by atoms with E-state index in [4.69, 9.17) is 21.1 Å². The maximum absolute atomic E-state index is 13.4. The molecular formula is C23H25ClF2N2O5S. The zero-order valence-electron chi connectivity index (χ0n) is 18.6. The molecule has 1 saturated heterocycles. The maximum Gasteiger partial charge on any atom is 0.258 e. The largest absolute Gasteiger partial charge is 0.484 e. The van der Waals surface area contributed by atoms with Crippen molar-refractivity contribution in [3.63, 3.8) is 0 Å². The second kappa shape index (κ2) is 10.1. The summed E-state index contributed by atoms with van der Waals surface area (Å²) in [5, 5.41) is 0.576. The summed E-state index contributed by atoms with van der Waals surface area (Å²) in [7, 11) is -3.62. The molecule has 0 spiro atoms. The lowest BCUT2D eigenvalue weighted by Gasteiger charge is -2.30. The molecule has 2 aromatic carbocycles. The quantitative estimate of drug-likeness (QED) is 0.563. The average molecular weight is 515 g/mol. The first-order chi connectivity index (χ1) is 16.2. The molecule has 0 unspecified atom stereocenters. The predicted molar refractivity (Wildman–Crippen MR) is 124 cm³/mol. The number of nitrogens with zero attached hydrogens (tertiary/aromatic N) is 2. The van der Waals surface area contributed by atoms with Crippen LogP contribution in [0, 0.1) is 0 Å². The van der Waals surface area contributed by atoms with Gasteiger partial charge in [0, 0.05) is 32.4 Å². The molecule has 0 aromatic heterocycles. The van der Waals surface area contributed by atoms with Gasteiger partial charge in [-0.05, 0) is 41.5 Å². The molecule has 2 aromatic rings. The molecule has 0 N–H and O–H groups in total.